The topological polar surface area (TPSA) is 0 Å². The maximum Gasteiger partial charge on any atom is 0.137 e. The lowest BCUT2D eigenvalue weighted by atomic mass is 10.1. The van der Waals surface area contributed by atoms with E-state index in [1.54, 1.807) is 6.92 Å². The van der Waals surface area contributed by atoms with Crippen molar-refractivity contribution < 1.29 is 17.6 Å². The van der Waals surface area contributed by atoms with Crippen LogP contribution < -0.4 is 0 Å². The summed E-state index contributed by atoms with van der Waals surface area (Å²) in [4.78, 5) is 0. The molecule has 4 atom stereocenters. The van der Waals surface area contributed by atoms with Crippen LogP contribution in [0.3, 0.4) is 0 Å². The summed E-state index contributed by atoms with van der Waals surface area (Å²) in [6.45, 7) is 13.4. The van der Waals surface area contributed by atoms with Gasteiger partial charge in [0, 0.05) is 5.92 Å². The van der Waals surface area contributed by atoms with Gasteiger partial charge in [0.2, 0.25) is 0 Å². The quantitative estimate of drug-likeness (QED) is 0.516. The van der Waals surface area contributed by atoms with Crippen molar-refractivity contribution in [1.82, 2.24) is 0 Å². The first-order valence-corrected chi connectivity index (χ1v) is 8.99. The molecule has 0 heterocycles. The molecule has 3 fully saturated rings. The van der Waals surface area contributed by atoms with Crippen LogP contribution in [0.25, 0.3) is 0 Å². The Hall–Kier alpha value is -0.280. The van der Waals surface area contributed by atoms with Crippen molar-refractivity contribution in [3.63, 3.8) is 0 Å². The lowest BCUT2D eigenvalue weighted by molar-refractivity contribution is 0.230. The molecule has 3 aliphatic carbocycles. The third kappa shape index (κ3) is 5.94. The predicted octanol–water partition coefficient (Wildman–Crippen LogP) is 6.48. The van der Waals surface area contributed by atoms with Gasteiger partial charge in [0.15, 0.2) is 0 Å². The van der Waals surface area contributed by atoms with Crippen molar-refractivity contribution in [2.24, 2.45) is 29.6 Å². The Labute approximate surface area is 139 Å². The molecule has 0 aromatic carbocycles. The molecule has 0 saturated heterocycles. The second-order valence-corrected chi connectivity index (χ2v) is 8.73. The fourth-order valence-electron chi connectivity index (χ4n) is 2.99. The maximum atomic E-state index is 12.7. The molecule has 0 aromatic heterocycles. The summed E-state index contributed by atoms with van der Waals surface area (Å²) < 4.78 is 49.4. The maximum absolute atomic E-state index is 12.7. The lowest BCUT2D eigenvalue weighted by Gasteiger charge is -2.06. The van der Waals surface area contributed by atoms with Crippen molar-refractivity contribution in [2.45, 2.75) is 91.4 Å². The summed E-state index contributed by atoms with van der Waals surface area (Å²) in [6.07, 6.45) is 0.0602. The van der Waals surface area contributed by atoms with Crippen LogP contribution in [-0.2, 0) is 0 Å². The third-order valence-corrected chi connectivity index (χ3v) is 5.47. The monoisotopic (exact) mass is 338 g/mol. The van der Waals surface area contributed by atoms with Gasteiger partial charge in [-0.2, -0.15) is 0 Å². The van der Waals surface area contributed by atoms with Crippen molar-refractivity contribution in [1.29, 1.82) is 0 Å². The molecule has 3 rings (SSSR count). The van der Waals surface area contributed by atoms with Crippen molar-refractivity contribution in [3.8, 4) is 0 Å². The first kappa shape index (κ1) is 20.8. The fraction of sp³-hybridized carbons (Fsp3) is 1.00. The molecule has 4 unspecified atom stereocenters. The molecular formula is C19H34F4. The van der Waals surface area contributed by atoms with Gasteiger partial charge in [-0.25, -0.2) is 17.6 Å². The summed E-state index contributed by atoms with van der Waals surface area (Å²) in [7, 11) is 0. The molecular weight excluding hydrogens is 304 g/mol. The Bertz CT molecular complexity index is 349. The van der Waals surface area contributed by atoms with E-state index in [4.69, 9.17) is 0 Å². The molecule has 4 heteroatoms. The molecule has 0 spiro atoms. The zero-order valence-electron chi connectivity index (χ0n) is 15.7. The van der Waals surface area contributed by atoms with Gasteiger partial charge in [0.25, 0.3) is 0 Å². The molecule has 0 bridgehead atoms. The van der Waals surface area contributed by atoms with Gasteiger partial charge < -0.3 is 0 Å². The molecule has 3 aliphatic rings. The Kier molecular flexibility index (Phi) is 6.60. The van der Waals surface area contributed by atoms with Gasteiger partial charge in [-0.3, -0.25) is 0 Å². The van der Waals surface area contributed by atoms with E-state index in [9.17, 15) is 17.6 Å². The van der Waals surface area contributed by atoms with Crippen LogP contribution in [0.5, 0.6) is 0 Å². The summed E-state index contributed by atoms with van der Waals surface area (Å²) in [5.74, 6) is 0.995. The minimum Gasteiger partial charge on any atom is -0.244 e. The van der Waals surface area contributed by atoms with Gasteiger partial charge >= 0.3 is 0 Å². The van der Waals surface area contributed by atoms with Crippen LogP contribution in [0.15, 0.2) is 0 Å². The van der Waals surface area contributed by atoms with Gasteiger partial charge in [0.1, 0.15) is 23.7 Å². The molecule has 0 nitrogen and oxygen atoms in total. The van der Waals surface area contributed by atoms with Crippen LogP contribution in [0, 0.1) is 29.6 Å². The van der Waals surface area contributed by atoms with Gasteiger partial charge in [-0.15, -0.1) is 0 Å². The summed E-state index contributed by atoms with van der Waals surface area (Å²) >= 11 is 0. The number of hydrogen-bond donors (Lipinski definition) is 0. The average molecular weight is 338 g/mol. The van der Waals surface area contributed by atoms with E-state index in [2.05, 4.69) is 13.8 Å². The number of rotatable bonds is 3. The van der Waals surface area contributed by atoms with Gasteiger partial charge in [-0.1, -0.05) is 41.5 Å². The van der Waals surface area contributed by atoms with E-state index in [-0.39, 0.29) is 17.8 Å². The van der Waals surface area contributed by atoms with Crippen LogP contribution in [0.1, 0.15) is 67.7 Å². The van der Waals surface area contributed by atoms with Crippen LogP contribution in [0.2, 0.25) is 0 Å². The van der Waals surface area contributed by atoms with Crippen molar-refractivity contribution in [3.05, 3.63) is 0 Å². The van der Waals surface area contributed by atoms with E-state index >= 15 is 0 Å². The first-order valence-electron chi connectivity index (χ1n) is 8.99. The molecule has 3 saturated carbocycles. The van der Waals surface area contributed by atoms with Gasteiger partial charge in [-0.05, 0) is 49.9 Å². The lowest BCUT2D eigenvalue weighted by Crippen LogP contribution is -2.08. The third-order valence-electron chi connectivity index (χ3n) is 5.47. The minimum absolute atomic E-state index is 0.167. The molecule has 0 aliphatic heterocycles. The Morgan fingerprint density at radius 2 is 1.22 bits per heavy atom. The van der Waals surface area contributed by atoms with E-state index in [1.165, 1.54) is 0 Å². The highest BCUT2D eigenvalue weighted by Crippen LogP contribution is 2.51. The zero-order valence-corrected chi connectivity index (χ0v) is 15.7. The minimum atomic E-state index is -1.16. The normalized spacial score (nSPS) is 39.4. The van der Waals surface area contributed by atoms with E-state index in [0.29, 0.717) is 11.8 Å². The smallest absolute Gasteiger partial charge is 0.137 e. The number of halogens is 4. The fourth-order valence-corrected chi connectivity index (χ4v) is 2.99. The van der Waals surface area contributed by atoms with Gasteiger partial charge in [0.05, 0.1) is 0 Å². The summed E-state index contributed by atoms with van der Waals surface area (Å²) in [6, 6.07) is 0. The molecule has 0 aromatic rings. The highest BCUT2D eigenvalue weighted by Gasteiger charge is 2.53. The molecule has 0 radical (unpaired) electrons. The molecule has 0 N–H and O–H groups in total. The molecule has 138 valence electrons. The van der Waals surface area contributed by atoms with E-state index in [1.807, 2.05) is 27.7 Å². The predicted molar refractivity (Wildman–Crippen MR) is 88.5 cm³/mol. The van der Waals surface area contributed by atoms with Crippen molar-refractivity contribution in [2.75, 3.05) is 0 Å². The zero-order chi connectivity index (χ0) is 18.2. The highest BCUT2D eigenvalue weighted by atomic mass is 19.2. The van der Waals surface area contributed by atoms with E-state index < -0.39 is 23.7 Å². The van der Waals surface area contributed by atoms with Crippen LogP contribution in [-0.4, -0.2) is 23.7 Å². The van der Waals surface area contributed by atoms with Crippen LogP contribution in [0.4, 0.5) is 17.6 Å². The summed E-state index contributed by atoms with van der Waals surface area (Å²) in [5, 5.41) is 0. The first-order chi connectivity index (χ1) is 10.3. The Morgan fingerprint density at radius 1 is 0.826 bits per heavy atom. The highest BCUT2D eigenvalue weighted by molar-refractivity contribution is 5.01. The average Bonchev–Trinajstić information content (AvgIpc) is 3.32. The molecule has 0 amide bonds. The Morgan fingerprint density at radius 3 is 1.22 bits per heavy atom. The SMILES string of the molecule is CC(C)C1(F)CC1.CC(C)C1C(F)C1F.CC(C)C1CC1(C)F. The summed E-state index contributed by atoms with van der Waals surface area (Å²) in [5.41, 5.74) is -1.56. The standard InChI is InChI=1S/C7H13F.C6H10F2.C6H11F/c1-5(2)6-4-7(6,3)8;1-3(2)4-5(7)6(4)8;1-5(2)6(7)3-4-6/h5-6H,4H2,1-3H3;3-6H,1-2H3;5H,3-4H2,1-2H3. The second-order valence-electron chi connectivity index (χ2n) is 8.73. The van der Waals surface area contributed by atoms with E-state index in [0.717, 1.165) is 19.3 Å². The number of alkyl halides is 4. The largest absolute Gasteiger partial charge is 0.244 e. The number of hydrogen-bond acceptors (Lipinski definition) is 0. The second kappa shape index (κ2) is 7.31. The molecule has 23 heavy (non-hydrogen) atoms. The van der Waals surface area contributed by atoms with Crippen molar-refractivity contribution >= 4 is 0 Å². The Balaban J connectivity index is 0.000000173. The van der Waals surface area contributed by atoms with Crippen LogP contribution >= 0.6 is 0 Å².